The highest BCUT2D eigenvalue weighted by Gasteiger charge is 2.30. The number of rotatable bonds is 3. The summed E-state index contributed by atoms with van der Waals surface area (Å²) < 4.78 is 5.48. The summed E-state index contributed by atoms with van der Waals surface area (Å²) in [5.41, 5.74) is 0.443. The summed E-state index contributed by atoms with van der Waals surface area (Å²) in [6.07, 6.45) is 4.86. The fourth-order valence-electron chi connectivity index (χ4n) is 2.35. The number of nitrogens with zero attached hydrogens (tertiary/aromatic N) is 1. The molecule has 0 amide bonds. The van der Waals surface area contributed by atoms with E-state index >= 15 is 0 Å². The van der Waals surface area contributed by atoms with E-state index in [2.05, 4.69) is 19.2 Å². The molecule has 0 radical (unpaired) electrons. The van der Waals surface area contributed by atoms with Crippen molar-refractivity contribution in [1.82, 2.24) is 5.32 Å². The molecule has 0 aromatic rings. The third-order valence-corrected chi connectivity index (χ3v) is 5.34. The Morgan fingerprint density at radius 3 is 2.82 bits per heavy atom. The minimum Gasteiger partial charge on any atom is -0.379 e. The van der Waals surface area contributed by atoms with Crippen LogP contribution in [0.1, 0.15) is 39.5 Å². The lowest BCUT2D eigenvalue weighted by Crippen LogP contribution is -2.42. The van der Waals surface area contributed by atoms with Gasteiger partial charge in [-0.1, -0.05) is 25.6 Å². The number of hydrogen-bond donors (Lipinski definition) is 1. The van der Waals surface area contributed by atoms with Crippen LogP contribution in [-0.4, -0.2) is 36.7 Å². The van der Waals surface area contributed by atoms with E-state index in [1.54, 1.807) is 0 Å². The normalized spacial score (nSPS) is 28.6. The van der Waals surface area contributed by atoms with Gasteiger partial charge in [-0.05, 0) is 31.1 Å². The molecule has 3 nitrogen and oxygen atoms in total. The Balaban J connectivity index is 1.85. The molecule has 2 aliphatic rings. The first-order valence-corrected chi connectivity index (χ1v) is 7.78. The van der Waals surface area contributed by atoms with Gasteiger partial charge in [0.05, 0.1) is 12.6 Å². The Morgan fingerprint density at radius 1 is 1.47 bits per heavy atom. The SMILES string of the molecule is CCC1(CC)CN=C(NC2CCCOC2)SC1. The second-order valence-electron chi connectivity index (χ2n) is 5.18. The minimum atomic E-state index is 0.443. The molecule has 0 aromatic carbocycles. The lowest BCUT2D eigenvalue weighted by atomic mass is 9.84. The summed E-state index contributed by atoms with van der Waals surface area (Å²) >= 11 is 1.90. The summed E-state index contributed by atoms with van der Waals surface area (Å²) in [4.78, 5) is 4.73. The highest BCUT2D eigenvalue weighted by atomic mass is 32.2. The topological polar surface area (TPSA) is 33.6 Å². The standard InChI is InChI=1S/C13H24N2OS/c1-3-13(4-2)9-14-12(17-10-13)15-11-6-5-7-16-8-11/h11H,3-10H2,1-2H3,(H,14,15). The van der Waals surface area contributed by atoms with Crippen molar-refractivity contribution < 1.29 is 4.74 Å². The fraction of sp³-hybridized carbons (Fsp3) is 0.923. The van der Waals surface area contributed by atoms with Crippen molar-refractivity contribution in [2.45, 2.75) is 45.6 Å². The van der Waals surface area contributed by atoms with Crippen LogP contribution < -0.4 is 5.32 Å². The molecule has 1 N–H and O–H groups in total. The van der Waals surface area contributed by atoms with Gasteiger partial charge < -0.3 is 10.1 Å². The fourth-order valence-corrected chi connectivity index (χ4v) is 3.69. The molecule has 2 aliphatic heterocycles. The molecule has 1 atom stereocenters. The number of thioether (sulfide) groups is 1. The van der Waals surface area contributed by atoms with Crippen LogP contribution in [-0.2, 0) is 4.74 Å². The van der Waals surface area contributed by atoms with Gasteiger partial charge in [0, 0.05) is 18.9 Å². The van der Waals surface area contributed by atoms with Gasteiger partial charge in [-0.25, -0.2) is 0 Å². The van der Waals surface area contributed by atoms with E-state index in [-0.39, 0.29) is 0 Å². The van der Waals surface area contributed by atoms with Gasteiger partial charge in [0.25, 0.3) is 0 Å². The zero-order valence-corrected chi connectivity index (χ0v) is 11.8. The van der Waals surface area contributed by atoms with Crippen molar-refractivity contribution in [3.8, 4) is 0 Å². The lowest BCUT2D eigenvalue weighted by molar-refractivity contribution is 0.0766. The van der Waals surface area contributed by atoms with Crippen molar-refractivity contribution in [1.29, 1.82) is 0 Å². The first kappa shape index (κ1) is 13.2. The van der Waals surface area contributed by atoms with Crippen molar-refractivity contribution in [3.63, 3.8) is 0 Å². The second-order valence-corrected chi connectivity index (χ2v) is 6.14. The highest BCUT2D eigenvalue weighted by molar-refractivity contribution is 8.13. The predicted octanol–water partition coefficient (Wildman–Crippen LogP) is 2.66. The van der Waals surface area contributed by atoms with Gasteiger partial charge in [-0.15, -0.1) is 0 Å². The van der Waals surface area contributed by atoms with Crippen LogP contribution in [0, 0.1) is 5.41 Å². The summed E-state index contributed by atoms with van der Waals surface area (Å²) in [6.45, 7) is 7.32. The van der Waals surface area contributed by atoms with E-state index in [9.17, 15) is 0 Å². The predicted molar refractivity (Wildman–Crippen MR) is 74.8 cm³/mol. The first-order valence-electron chi connectivity index (χ1n) is 6.79. The van der Waals surface area contributed by atoms with Crippen molar-refractivity contribution in [3.05, 3.63) is 0 Å². The Labute approximate surface area is 109 Å². The maximum absolute atomic E-state index is 5.48. The van der Waals surface area contributed by atoms with Gasteiger partial charge in [-0.3, -0.25) is 4.99 Å². The number of hydrogen-bond acceptors (Lipinski definition) is 4. The molecule has 0 saturated carbocycles. The molecule has 0 aromatic heterocycles. The van der Waals surface area contributed by atoms with Gasteiger partial charge in [0.1, 0.15) is 0 Å². The summed E-state index contributed by atoms with van der Waals surface area (Å²) in [7, 11) is 0. The van der Waals surface area contributed by atoms with Gasteiger partial charge in [0.2, 0.25) is 0 Å². The van der Waals surface area contributed by atoms with Gasteiger partial charge in [-0.2, -0.15) is 0 Å². The molecule has 98 valence electrons. The Morgan fingerprint density at radius 2 is 2.29 bits per heavy atom. The molecule has 0 bridgehead atoms. The molecule has 0 aliphatic carbocycles. The Bertz CT molecular complexity index is 271. The van der Waals surface area contributed by atoms with Gasteiger partial charge >= 0.3 is 0 Å². The summed E-state index contributed by atoms with van der Waals surface area (Å²) in [5, 5.41) is 4.67. The maximum Gasteiger partial charge on any atom is 0.156 e. The highest BCUT2D eigenvalue weighted by Crippen LogP contribution is 2.34. The molecular weight excluding hydrogens is 232 g/mol. The zero-order chi connectivity index (χ0) is 12.1. The van der Waals surface area contributed by atoms with E-state index in [4.69, 9.17) is 9.73 Å². The average molecular weight is 256 g/mol. The molecule has 1 fully saturated rings. The summed E-state index contributed by atoms with van der Waals surface area (Å²) in [5.74, 6) is 1.21. The van der Waals surface area contributed by atoms with Crippen LogP contribution >= 0.6 is 11.8 Å². The van der Waals surface area contributed by atoms with Crippen molar-refractivity contribution in [2.24, 2.45) is 10.4 Å². The van der Waals surface area contributed by atoms with Gasteiger partial charge in [0.15, 0.2) is 5.17 Å². The zero-order valence-electron chi connectivity index (χ0n) is 11.0. The Hall–Kier alpha value is -0.220. The van der Waals surface area contributed by atoms with Crippen LogP contribution in [0.5, 0.6) is 0 Å². The number of ether oxygens (including phenoxy) is 1. The summed E-state index contributed by atoms with van der Waals surface area (Å²) in [6, 6.07) is 0.478. The molecule has 0 spiro atoms. The lowest BCUT2D eigenvalue weighted by Gasteiger charge is -2.34. The second kappa shape index (κ2) is 6.10. The monoisotopic (exact) mass is 256 g/mol. The molecule has 17 heavy (non-hydrogen) atoms. The number of amidine groups is 1. The number of aliphatic imine (C=N–C) groups is 1. The van der Waals surface area contributed by atoms with E-state index in [1.165, 1.54) is 31.4 Å². The maximum atomic E-state index is 5.48. The smallest absolute Gasteiger partial charge is 0.156 e. The van der Waals surface area contributed by atoms with Crippen LogP contribution in [0.15, 0.2) is 4.99 Å². The van der Waals surface area contributed by atoms with Crippen LogP contribution in [0.2, 0.25) is 0 Å². The molecule has 2 rings (SSSR count). The largest absolute Gasteiger partial charge is 0.379 e. The van der Waals surface area contributed by atoms with E-state index in [1.807, 2.05) is 11.8 Å². The Kier molecular flexibility index (Phi) is 4.74. The quantitative estimate of drug-likeness (QED) is 0.843. The first-order chi connectivity index (χ1) is 8.28. The molecule has 1 unspecified atom stereocenters. The molecular formula is C13H24N2OS. The van der Waals surface area contributed by atoms with Crippen LogP contribution in [0.3, 0.4) is 0 Å². The van der Waals surface area contributed by atoms with Crippen molar-refractivity contribution in [2.75, 3.05) is 25.5 Å². The number of nitrogens with one attached hydrogen (secondary N) is 1. The molecule has 4 heteroatoms. The van der Waals surface area contributed by atoms with E-state index < -0.39 is 0 Å². The minimum absolute atomic E-state index is 0.443. The van der Waals surface area contributed by atoms with Crippen molar-refractivity contribution >= 4 is 16.9 Å². The third-order valence-electron chi connectivity index (χ3n) is 4.06. The van der Waals surface area contributed by atoms with Crippen LogP contribution in [0.25, 0.3) is 0 Å². The average Bonchev–Trinajstić information content (AvgIpc) is 2.41. The molecule has 2 heterocycles. The molecule has 1 saturated heterocycles. The van der Waals surface area contributed by atoms with E-state index in [0.29, 0.717) is 11.5 Å². The van der Waals surface area contributed by atoms with E-state index in [0.717, 1.165) is 24.9 Å². The van der Waals surface area contributed by atoms with Crippen LogP contribution in [0.4, 0.5) is 0 Å². The third kappa shape index (κ3) is 3.38.